The third-order valence-electron chi connectivity index (χ3n) is 17.4. The zero-order valence-electron chi connectivity index (χ0n) is 55.5. The lowest BCUT2D eigenvalue weighted by atomic mass is 10.0. The average Bonchev–Trinajstić information content (AvgIpc) is 3.48. The molecule has 0 aromatic heterocycles. The first-order chi connectivity index (χ1) is 40.5. The molecule has 0 fully saturated rings. The van der Waals surface area contributed by atoms with Crippen molar-refractivity contribution in [2.45, 2.75) is 424 Å². The molecule has 0 saturated carbocycles. The van der Waals surface area contributed by atoms with Crippen LogP contribution in [0, 0.1) is 0 Å². The summed E-state index contributed by atoms with van der Waals surface area (Å²) in [5.74, 6) is -0.0504. The summed E-state index contributed by atoms with van der Waals surface area (Å²) in [7, 11) is 0. The van der Waals surface area contributed by atoms with Gasteiger partial charge in [0.2, 0.25) is 5.91 Å². The predicted octanol–water partition coefficient (Wildman–Crippen LogP) is 24.3. The van der Waals surface area contributed by atoms with Gasteiger partial charge in [-0.05, 0) is 77.0 Å². The Bertz CT molecular complexity index is 1330. The number of ether oxygens (including phenoxy) is 1. The number of aliphatic hydroxyl groups excluding tert-OH is 2. The number of amides is 1. The van der Waals surface area contributed by atoms with Gasteiger partial charge in [0.1, 0.15) is 0 Å². The van der Waals surface area contributed by atoms with E-state index < -0.39 is 12.1 Å². The summed E-state index contributed by atoms with van der Waals surface area (Å²) >= 11 is 0. The van der Waals surface area contributed by atoms with Crippen molar-refractivity contribution in [1.82, 2.24) is 5.32 Å². The van der Waals surface area contributed by atoms with Gasteiger partial charge < -0.3 is 20.3 Å². The van der Waals surface area contributed by atoms with Crippen LogP contribution in [0.1, 0.15) is 412 Å². The van der Waals surface area contributed by atoms with Crippen LogP contribution in [0.15, 0.2) is 36.5 Å². The van der Waals surface area contributed by atoms with Crippen LogP contribution in [0.3, 0.4) is 0 Å². The van der Waals surface area contributed by atoms with Crippen molar-refractivity contribution in [3.05, 3.63) is 36.5 Å². The number of aliphatic hydroxyl groups is 2. The molecule has 6 nitrogen and oxygen atoms in total. The van der Waals surface area contributed by atoms with E-state index in [2.05, 4.69) is 43.5 Å². The van der Waals surface area contributed by atoms with Gasteiger partial charge in [-0.25, -0.2) is 0 Å². The molecule has 0 aromatic carbocycles. The highest BCUT2D eigenvalue weighted by Crippen LogP contribution is 2.19. The van der Waals surface area contributed by atoms with Crippen molar-refractivity contribution in [3.63, 3.8) is 0 Å². The van der Waals surface area contributed by atoms with Gasteiger partial charge in [-0.3, -0.25) is 9.59 Å². The lowest BCUT2D eigenvalue weighted by Gasteiger charge is -2.20. The van der Waals surface area contributed by atoms with Crippen molar-refractivity contribution in [2.24, 2.45) is 0 Å². The molecule has 2 atom stereocenters. The third-order valence-corrected chi connectivity index (χ3v) is 17.4. The van der Waals surface area contributed by atoms with Crippen LogP contribution in [0.4, 0.5) is 0 Å². The normalized spacial score (nSPS) is 12.7. The summed E-state index contributed by atoms with van der Waals surface area (Å²) in [6.07, 6.45) is 92.6. The summed E-state index contributed by atoms with van der Waals surface area (Å²) < 4.78 is 5.47. The number of rotatable bonds is 70. The summed E-state index contributed by atoms with van der Waals surface area (Å²) in [6, 6.07) is -0.625. The number of allylic oxidation sites excluding steroid dienone is 5. The summed E-state index contributed by atoms with van der Waals surface area (Å²) in [6.45, 7) is 4.90. The highest BCUT2D eigenvalue weighted by atomic mass is 16.5. The second-order valence-corrected chi connectivity index (χ2v) is 25.6. The number of unbranched alkanes of at least 4 members (excludes halogenated alkanes) is 55. The Labute approximate surface area is 513 Å². The van der Waals surface area contributed by atoms with Crippen molar-refractivity contribution >= 4 is 11.9 Å². The Hall–Kier alpha value is -1.92. The molecular weight excluding hydrogens is 1010 g/mol. The van der Waals surface area contributed by atoms with Gasteiger partial charge in [0.25, 0.3) is 0 Å². The van der Waals surface area contributed by atoms with Crippen LogP contribution in [0.25, 0.3) is 0 Å². The topological polar surface area (TPSA) is 95.9 Å². The Morgan fingerprint density at radius 3 is 0.902 bits per heavy atom. The van der Waals surface area contributed by atoms with E-state index in [9.17, 15) is 19.8 Å². The van der Waals surface area contributed by atoms with E-state index in [1.165, 1.54) is 340 Å². The van der Waals surface area contributed by atoms with Crippen LogP contribution < -0.4 is 5.32 Å². The minimum atomic E-state index is -0.842. The number of hydrogen-bond donors (Lipinski definition) is 3. The zero-order chi connectivity index (χ0) is 59.2. The molecule has 0 bridgehead atoms. The van der Waals surface area contributed by atoms with E-state index >= 15 is 0 Å². The quantitative estimate of drug-likeness (QED) is 0.0320. The summed E-state index contributed by atoms with van der Waals surface area (Å²) in [5, 5.41) is 23.2. The first kappa shape index (κ1) is 80.1. The fourth-order valence-corrected chi connectivity index (χ4v) is 11.7. The van der Waals surface area contributed by atoms with Crippen LogP contribution >= 0.6 is 0 Å². The van der Waals surface area contributed by atoms with Crippen molar-refractivity contribution in [3.8, 4) is 0 Å². The Morgan fingerprint density at radius 1 is 0.329 bits per heavy atom. The molecule has 2 unspecified atom stereocenters. The lowest BCUT2D eigenvalue weighted by Crippen LogP contribution is -2.45. The third kappa shape index (κ3) is 67.2. The van der Waals surface area contributed by atoms with Crippen molar-refractivity contribution in [2.75, 3.05) is 13.2 Å². The minimum Gasteiger partial charge on any atom is -0.466 e. The molecule has 0 rings (SSSR count). The van der Waals surface area contributed by atoms with Gasteiger partial charge in [0, 0.05) is 12.8 Å². The van der Waals surface area contributed by atoms with Crippen molar-refractivity contribution in [1.29, 1.82) is 0 Å². The molecule has 6 heteroatoms. The Morgan fingerprint density at radius 2 is 0.585 bits per heavy atom. The number of esters is 1. The van der Waals surface area contributed by atoms with E-state index in [-0.39, 0.29) is 18.5 Å². The van der Waals surface area contributed by atoms with Gasteiger partial charge >= 0.3 is 5.97 Å². The monoisotopic (exact) mass is 1150 g/mol. The summed E-state index contributed by atoms with van der Waals surface area (Å²) in [5.41, 5.74) is 0. The van der Waals surface area contributed by atoms with Gasteiger partial charge in [-0.15, -0.1) is 0 Å². The number of carbonyl (C=O) groups is 2. The SMILES string of the molecule is CCCC/C=C\CCCCCCCC(=O)OCCCCCCCCCCCCCCCCCC/C=C\CCCCCCCCCCCCCCCCCCCC(=O)NC(CO)C(O)/C=C/CCCCCCCCCCCCCCCCC. The molecule has 82 heavy (non-hydrogen) atoms. The van der Waals surface area contributed by atoms with Gasteiger partial charge in [-0.1, -0.05) is 359 Å². The van der Waals surface area contributed by atoms with E-state index in [1.54, 1.807) is 6.08 Å². The van der Waals surface area contributed by atoms with E-state index in [4.69, 9.17) is 4.74 Å². The molecule has 0 aromatic rings. The molecular formula is C76H145NO5. The minimum absolute atomic E-state index is 0.0104. The van der Waals surface area contributed by atoms with Crippen LogP contribution in [-0.4, -0.2) is 47.4 Å². The van der Waals surface area contributed by atoms with E-state index in [0.29, 0.717) is 19.4 Å². The Balaban J connectivity index is 3.35. The van der Waals surface area contributed by atoms with E-state index in [0.717, 1.165) is 44.9 Å². The smallest absolute Gasteiger partial charge is 0.305 e. The predicted molar refractivity (Wildman–Crippen MR) is 361 cm³/mol. The van der Waals surface area contributed by atoms with Crippen LogP contribution in [0.2, 0.25) is 0 Å². The van der Waals surface area contributed by atoms with Gasteiger partial charge in [0.15, 0.2) is 0 Å². The Kier molecular flexibility index (Phi) is 69.9. The van der Waals surface area contributed by atoms with Gasteiger partial charge in [0.05, 0.1) is 25.4 Å². The summed E-state index contributed by atoms with van der Waals surface area (Å²) in [4.78, 5) is 24.5. The second-order valence-electron chi connectivity index (χ2n) is 25.6. The maximum atomic E-state index is 12.5. The highest BCUT2D eigenvalue weighted by molar-refractivity contribution is 5.76. The molecule has 0 aliphatic heterocycles. The van der Waals surface area contributed by atoms with Crippen molar-refractivity contribution < 1.29 is 24.5 Å². The molecule has 0 heterocycles. The number of hydrogen-bond acceptors (Lipinski definition) is 5. The van der Waals surface area contributed by atoms with Gasteiger partial charge in [-0.2, -0.15) is 0 Å². The highest BCUT2D eigenvalue weighted by Gasteiger charge is 2.18. The molecule has 0 saturated heterocycles. The fourth-order valence-electron chi connectivity index (χ4n) is 11.7. The van der Waals surface area contributed by atoms with E-state index in [1.807, 2.05) is 6.08 Å². The maximum Gasteiger partial charge on any atom is 0.305 e. The largest absolute Gasteiger partial charge is 0.466 e. The van der Waals surface area contributed by atoms with Crippen LogP contribution in [0.5, 0.6) is 0 Å². The molecule has 0 aliphatic carbocycles. The standard InChI is InChI=1S/C76H145NO5/c1-3-5-7-9-11-13-15-16-17-39-42-45-49-52-56-60-64-68-74(79)73(72-78)77-75(80)69-65-61-57-53-50-46-43-40-37-35-33-31-29-27-25-23-21-19-18-20-22-24-26-28-30-32-34-36-38-41-44-47-51-55-59-63-67-71-82-76(81)70-66-62-58-54-48-14-12-10-8-6-4-2/h10,12,18,20,64,68,73-74,78-79H,3-9,11,13-17,19,21-63,65-67,69-72H2,1-2H3,(H,77,80)/b12-10-,20-18-,68-64+. The second kappa shape index (κ2) is 71.6. The molecule has 1 amide bonds. The number of nitrogens with one attached hydrogen (secondary N) is 1. The lowest BCUT2D eigenvalue weighted by molar-refractivity contribution is -0.143. The van der Waals surface area contributed by atoms with Crippen LogP contribution in [-0.2, 0) is 14.3 Å². The first-order valence-electron chi connectivity index (χ1n) is 37.3. The molecule has 0 spiro atoms. The number of carbonyl (C=O) groups excluding carboxylic acids is 2. The molecule has 3 N–H and O–H groups in total. The molecule has 0 aliphatic rings. The molecule has 484 valence electrons. The molecule has 0 radical (unpaired) electrons. The zero-order valence-corrected chi connectivity index (χ0v) is 55.5. The first-order valence-corrected chi connectivity index (χ1v) is 37.3. The average molecular weight is 1150 g/mol. The fraction of sp³-hybridized carbons (Fsp3) is 0.895. The maximum absolute atomic E-state index is 12.5.